The lowest BCUT2D eigenvalue weighted by Gasteiger charge is -2.13. The SMILES string of the molecule is Cc1c(Br)cccc1C(=O)NCC1CCCN1. The number of hydrogen-bond acceptors (Lipinski definition) is 2. The van der Waals surface area contributed by atoms with E-state index in [0.29, 0.717) is 12.6 Å². The zero-order chi connectivity index (χ0) is 12.3. The van der Waals surface area contributed by atoms with Gasteiger partial charge in [-0.25, -0.2) is 0 Å². The zero-order valence-corrected chi connectivity index (χ0v) is 11.5. The van der Waals surface area contributed by atoms with Gasteiger partial charge in [-0.2, -0.15) is 0 Å². The van der Waals surface area contributed by atoms with E-state index < -0.39 is 0 Å². The second-order valence-electron chi connectivity index (χ2n) is 4.42. The van der Waals surface area contributed by atoms with Crippen LogP contribution in [0.25, 0.3) is 0 Å². The van der Waals surface area contributed by atoms with Crippen molar-refractivity contribution in [2.45, 2.75) is 25.8 Å². The van der Waals surface area contributed by atoms with Gasteiger partial charge >= 0.3 is 0 Å². The van der Waals surface area contributed by atoms with E-state index in [1.807, 2.05) is 25.1 Å². The summed E-state index contributed by atoms with van der Waals surface area (Å²) in [6, 6.07) is 6.13. The normalized spacial score (nSPS) is 19.3. The third kappa shape index (κ3) is 3.07. The second kappa shape index (κ2) is 5.65. The first kappa shape index (κ1) is 12.6. The number of hydrogen-bond donors (Lipinski definition) is 2. The van der Waals surface area contributed by atoms with Crippen molar-refractivity contribution >= 4 is 21.8 Å². The predicted octanol–water partition coefficient (Wildman–Crippen LogP) is 2.24. The third-order valence-electron chi connectivity index (χ3n) is 3.18. The number of nitrogens with one attached hydrogen (secondary N) is 2. The van der Waals surface area contributed by atoms with Gasteiger partial charge in [-0.15, -0.1) is 0 Å². The maximum atomic E-state index is 12.0. The van der Waals surface area contributed by atoms with Gasteiger partial charge in [0, 0.05) is 22.6 Å². The quantitative estimate of drug-likeness (QED) is 0.898. The molecule has 0 saturated carbocycles. The monoisotopic (exact) mass is 296 g/mol. The first-order valence-electron chi connectivity index (χ1n) is 5.95. The van der Waals surface area contributed by atoms with Gasteiger partial charge in [0.1, 0.15) is 0 Å². The summed E-state index contributed by atoms with van der Waals surface area (Å²) in [6.45, 7) is 3.73. The Balaban J connectivity index is 1.97. The van der Waals surface area contributed by atoms with Crippen LogP contribution in [0.2, 0.25) is 0 Å². The Bertz CT molecular complexity index is 414. The van der Waals surface area contributed by atoms with Crippen molar-refractivity contribution in [1.29, 1.82) is 0 Å². The summed E-state index contributed by atoms with van der Waals surface area (Å²) in [4.78, 5) is 12.0. The highest BCUT2D eigenvalue weighted by Gasteiger charge is 2.16. The van der Waals surface area contributed by atoms with Gasteiger partial charge in [-0.3, -0.25) is 4.79 Å². The van der Waals surface area contributed by atoms with Gasteiger partial charge in [0.05, 0.1) is 0 Å². The van der Waals surface area contributed by atoms with Crippen LogP contribution in [0.5, 0.6) is 0 Å². The van der Waals surface area contributed by atoms with E-state index in [9.17, 15) is 4.79 Å². The van der Waals surface area contributed by atoms with E-state index in [-0.39, 0.29) is 5.91 Å². The zero-order valence-electron chi connectivity index (χ0n) is 9.92. The Kier molecular flexibility index (Phi) is 4.18. The summed E-state index contributed by atoms with van der Waals surface area (Å²) >= 11 is 3.44. The van der Waals surface area contributed by atoms with Crippen molar-refractivity contribution < 1.29 is 4.79 Å². The molecule has 1 amide bonds. The van der Waals surface area contributed by atoms with Crippen LogP contribution in [0.1, 0.15) is 28.8 Å². The minimum atomic E-state index is 0.0116. The summed E-state index contributed by atoms with van der Waals surface area (Å²) in [5, 5.41) is 6.35. The molecule has 0 aliphatic carbocycles. The largest absolute Gasteiger partial charge is 0.350 e. The molecule has 17 heavy (non-hydrogen) atoms. The minimum Gasteiger partial charge on any atom is -0.350 e. The molecule has 0 bridgehead atoms. The standard InChI is InChI=1S/C13H17BrN2O/c1-9-11(5-2-6-12(9)14)13(17)16-8-10-4-3-7-15-10/h2,5-6,10,15H,3-4,7-8H2,1H3,(H,16,17). The number of rotatable bonds is 3. The van der Waals surface area contributed by atoms with Crippen LogP contribution < -0.4 is 10.6 Å². The van der Waals surface area contributed by atoms with Crippen LogP contribution >= 0.6 is 15.9 Å². The number of amides is 1. The lowest BCUT2D eigenvalue weighted by molar-refractivity contribution is 0.0949. The highest BCUT2D eigenvalue weighted by molar-refractivity contribution is 9.10. The summed E-state index contributed by atoms with van der Waals surface area (Å²) in [5.41, 5.74) is 1.74. The van der Waals surface area contributed by atoms with E-state index in [1.165, 1.54) is 6.42 Å². The maximum absolute atomic E-state index is 12.0. The molecule has 0 radical (unpaired) electrons. The molecular formula is C13H17BrN2O. The molecule has 1 heterocycles. The van der Waals surface area contributed by atoms with Gasteiger partial charge in [0.15, 0.2) is 0 Å². The van der Waals surface area contributed by atoms with E-state index in [1.54, 1.807) is 0 Å². The molecule has 1 atom stereocenters. The Morgan fingerprint density at radius 1 is 1.59 bits per heavy atom. The molecule has 4 heteroatoms. The van der Waals surface area contributed by atoms with Crippen molar-refractivity contribution in [2.24, 2.45) is 0 Å². The topological polar surface area (TPSA) is 41.1 Å². The fourth-order valence-corrected chi connectivity index (χ4v) is 2.46. The molecule has 1 saturated heterocycles. The summed E-state index contributed by atoms with van der Waals surface area (Å²) in [5.74, 6) is 0.0116. The van der Waals surface area contributed by atoms with Crippen LogP contribution in [0.15, 0.2) is 22.7 Å². The highest BCUT2D eigenvalue weighted by atomic mass is 79.9. The summed E-state index contributed by atoms with van der Waals surface area (Å²) in [6.07, 6.45) is 2.36. The molecule has 2 N–H and O–H groups in total. The molecule has 3 nitrogen and oxygen atoms in total. The molecule has 2 rings (SSSR count). The molecular weight excluding hydrogens is 280 g/mol. The van der Waals surface area contributed by atoms with E-state index >= 15 is 0 Å². The Labute approximate surface area is 110 Å². The molecule has 92 valence electrons. The van der Waals surface area contributed by atoms with Crippen molar-refractivity contribution in [2.75, 3.05) is 13.1 Å². The van der Waals surface area contributed by atoms with Crippen molar-refractivity contribution in [1.82, 2.24) is 10.6 Å². The molecule has 1 aromatic rings. The lowest BCUT2D eigenvalue weighted by atomic mass is 10.1. The summed E-state index contributed by atoms with van der Waals surface area (Å²) < 4.78 is 0.976. The van der Waals surface area contributed by atoms with Gasteiger partial charge in [0.2, 0.25) is 0 Å². The van der Waals surface area contributed by atoms with Crippen LogP contribution in [-0.4, -0.2) is 25.0 Å². The molecule has 0 spiro atoms. The first-order chi connectivity index (χ1) is 8.18. The number of carbonyl (C=O) groups is 1. The molecule has 1 aliphatic rings. The van der Waals surface area contributed by atoms with Gasteiger partial charge < -0.3 is 10.6 Å². The van der Waals surface area contributed by atoms with E-state index in [0.717, 1.165) is 28.6 Å². The van der Waals surface area contributed by atoms with Gasteiger partial charge in [0.25, 0.3) is 5.91 Å². The highest BCUT2D eigenvalue weighted by Crippen LogP contribution is 2.19. The minimum absolute atomic E-state index is 0.0116. The smallest absolute Gasteiger partial charge is 0.251 e. The first-order valence-corrected chi connectivity index (χ1v) is 6.74. The summed E-state index contributed by atoms with van der Waals surface area (Å²) in [7, 11) is 0. The lowest BCUT2D eigenvalue weighted by Crippen LogP contribution is -2.37. The third-order valence-corrected chi connectivity index (χ3v) is 4.04. The average Bonchev–Trinajstić information content (AvgIpc) is 2.82. The van der Waals surface area contributed by atoms with Crippen LogP contribution in [0.4, 0.5) is 0 Å². The molecule has 1 fully saturated rings. The van der Waals surface area contributed by atoms with Crippen molar-refractivity contribution in [3.8, 4) is 0 Å². The van der Waals surface area contributed by atoms with Gasteiger partial charge in [-0.1, -0.05) is 22.0 Å². The molecule has 1 unspecified atom stereocenters. The second-order valence-corrected chi connectivity index (χ2v) is 5.27. The van der Waals surface area contributed by atoms with E-state index in [4.69, 9.17) is 0 Å². The molecule has 1 aromatic carbocycles. The van der Waals surface area contributed by atoms with Crippen LogP contribution in [0.3, 0.4) is 0 Å². The number of benzene rings is 1. The Morgan fingerprint density at radius 2 is 2.41 bits per heavy atom. The fraction of sp³-hybridized carbons (Fsp3) is 0.462. The Morgan fingerprint density at radius 3 is 3.12 bits per heavy atom. The van der Waals surface area contributed by atoms with E-state index in [2.05, 4.69) is 26.6 Å². The van der Waals surface area contributed by atoms with Crippen molar-refractivity contribution in [3.63, 3.8) is 0 Å². The maximum Gasteiger partial charge on any atom is 0.251 e. The average molecular weight is 297 g/mol. The number of carbonyl (C=O) groups excluding carboxylic acids is 1. The van der Waals surface area contributed by atoms with Crippen molar-refractivity contribution in [3.05, 3.63) is 33.8 Å². The Hall–Kier alpha value is -0.870. The molecule has 0 aromatic heterocycles. The predicted molar refractivity (Wildman–Crippen MR) is 72.2 cm³/mol. The van der Waals surface area contributed by atoms with Crippen LogP contribution in [0, 0.1) is 6.92 Å². The molecule has 1 aliphatic heterocycles. The van der Waals surface area contributed by atoms with Gasteiger partial charge in [-0.05, 0) is 44.0 Å². The fourth-order valence-electron chi connectivity index (χ4n) is 2.10. The number of halogens is 1. The van der Waals surface area contributed by atoms with Crippen LogP contribution in [-0.2, 0) is 0 Å².